The number of aliphatic hydroxyl groups is 8. The SMILES string of the molecule is OCCN(CCO)c1nc(N2CCCCC2)c2nc(N(CCO)CCO)nc(N3CCCCC3)c2n1.OCCN(CCO)c1nc(N2CCCCC2)c2nc(N(CCO)CCO)nc(N3CCCCC3)c2n1. The lowest BCUT2D eigenvalue weighted by Crippen LogP contribution is -2.36. The second-order valence-electron chi connectivity index (χ2n) is 18.7. The molecule has 0 saturated carbocycles. The molecule has 72 heavy (non-hydrogen) atoms. The molecule has 0 aromatic carbocycles. The molecule has 0 bridgehead atoms. The molecule has 0 amide bonds. The van der Waals surface area contributed by atoms with Crippen LogP contribution in [-0.4, -0.2) is 238 Å². The summed E-state index contributed by atoms with van der Waals surface area (Å²) in [6, 6.07) is 0. The first-order valence-electron chi connectivity index (χ1n) is 26.5. The van der Waals surface area contributed by atoms with Crippen LogP contribution in [0.4, 0.5) is 47.1 Å². The number of rotatable bonds is 24. The van der Waals surface area contributed by atoms with Crippen LogP contribution in [0.2, 0.25) is 0 Å². The van der Waals surface area contributed by atoms with E-state index in [9.17, 15) is 40.9 Å². The second-order valence-corrected chi connectivity index (χ2v) is 18.7. The van der Waals surface area contributed by atoms with Crippen LogP contribution in [0.1, 0.15) is 77.0 Å². The van der Waals surface area contributed by atoms with Gasteiger partial charge in [-0.25, -0.2) is 19.9 Å². The molecular weight excluding hydrogens is 929 g/mol. The van der Waals surface area contributed by atoms with Gasteiger partial charge in [-0.15, -0.1) is 0 Å². The molecule has 0 spiro atoms. The van der Waals surface area contributed by atoms with Gasteiger partial charge in [-0.05, 0) is 77.0 Å². The van der Waals surface area contributed by atoms with Gasteiger partial charge < -0.3 is 80.1 Å². The Bertz CT molecular complexity index is 1910. The summed E-state index contributed by atoms with van der Waals surface area (Å²) in [7, 11) is 0. The minimum Gasteiger partial charge on any atom is -0.395 e. The van der Waals surface area contributed by atoms with E-state index in [1.54, 1.807) is 19.6 Å². The molecule has 0 unspecified atom stereocenters. The number of piperidine rings is 4. The lowest BCUT2D eigenvalue weighted by molar-refractivity contribution is 0.279. The van der Waals surface area contributed by atoms with Crippen LogP contribution in [0.25, 0.3) is 22.1 Å². The van der Waals surface area contributed by atoms with Gasteiger partial charge in [0.2, 0.25) is 23.8 Å². The summed E-state index contributed by atoms with van der Waals surface area (Å²) >= 11 is 0. The number of hydrogen-bond donors (Lipinski definition) is 8. The fourth-order valence-corrected chi connectivity index (χ4v) is 10.0. The van der Waals surface area contributed by atoms with Crippen LogP contribution < -0.4 is 39.2 Å². The van der Waals surface area contributed by atoms with Gasteiger partial charge in [-0.3, -0.25) is 0 Å². The summed E-state index contributed by atoms with van der Waals surface area (Å²) in [5, 5.41) is 77.2. The van der Waals surface area contributed by atoms with Gasteiger partial charge in [-0.2, -0.15) is 19.9 Å². The summed E-state index contributed by atoms with van der Waals surface area (Å²) < 4.78 is 0. The minimum absolute atomic E-state index is 0.0772. The van der Waals surface area contributed by atoms with Crippen LogP contribution in [0.3, 0.4) is 0 Å². The zero-order chi connectivity index (χ0) is 50.7. The monoisotopic (exact) mass is 1010 g/mol. The Morgan fingerprint density at radius 3 is 0.569 bits per heavy atom. The first-order chi connectivity index (χ1) is 35.4. The first kappa shape index (κ1) is 54.7. The topological polar surface area (TPSA) is 291 Å². The number of nitrogens with zero attached hydrogens (tertiary/aromatic N) is 16. The maximum absolute atomic E-state index is 9.64. The van der Waals surface area contributed by atoms with Crippen LogP contribution in [-0.2, 0) is 0 Å². The Balaban J connectivity index is 0.000000211. The molecule has 4 aliphatic heterocycles. The van der Waals surface area contributed by atoms with E-state index in [1.807, 2.05) is 0 Å². The highest BCUT2D eigenvalue weighted by Crippen LogP contribution is 2.37. The van der Waals surface area contributed by atoms with E-state index >= 15 is 0 Å². The summed E-state index contributed by atoms with van der Waals surface area (Å²) in [5.41, 5.74) is 2.61. The quantitative estimate of drug-likeness (QED) is 0.0457. The van der Waals surface area contributed by atoms with E-state index in [2.05, 4.69) is 19.6 Å². The Hall–Kier alpha value is -5.08. The van der Waals surface area contributed by atoms with Gasteiger partial charge in [0.15, 0.2) is 23.3 Å². The highest BCUT2D eigenvalue weighted by atomic mass is 16.3. The molecule has 8 N–H and O–H groups in total. The minimum atomic E-state index is -0.0772. The molecular formula is C48H80N16O8. The van der Waals surface area contributed by atoms with E-state index in [4.69, 9.17) is 39.9 Å². The van der Waals surface area contributed by atoms with Gasteiger partial charge in [0.05, 0.1) is 52.9 Å². The van der Waals surface area contributed by atoms with E-state index in [1.165, 1.54) is 25.7 Å². The fourth-order valence-electron chi connectivity index (χ4n) is 10.0. The smallest absolute Gasteiger partial charge is 0.228 e. The molecule has 4 aliphatic rings. The summed E-state index contributed by atoms with van der Waals surface area (Å²) in [6.07, 6.45) is 13.2. The van der Waals surface area contributed by atoms with E-state index in [-0.39, 0.29) is 52.9 Å². The van der Waals surface area contributed by atoms with Gasteiger partial charge in [0, 0.05) is 105 Å². The average Bonchev–Trinajstić information content (AvgIpc) is 3.42. The average molecular weight is 1010 g/mol. The highest BCUT2D eigenvalue weighted by molar-refractivity contribution is 5.96. The molecule has 4 aromatic rings. The Labute approximate surface area is 422 Å². The van der Waals surface area contributed by atoms with Crippen LogP contribution in [0.5, 0.6) is 0 Å². The normalized spacial score (nSPS) is 16.6. The third kappa shape index (κ3) is 13.7. The van der Waals surface area contributed by atoms with Crippen LogP contribution in [0, 0.1) is 0 Å². The predicted octanol–water partition coefficient (Wildman–Crippen LogP) is -0.0352. The lowest BCUT2D eigenvalue weighted by atomic mass is 10.1. The van der Waals surface area contributed by atoms with Gasteiger partial charge >= 0.3 is 0 Å². The molecule has 0 radical (unpaired) electrons. The molecule has 0 atom stereocenters. The molecule has 4 aromatic heterocycles. The summed E-state index contributed by atoms with van der Waals surface area (Å²) in [5.74, 6) is 4.70. The Kier molecular flexibility index (Phi) is 21.6. The molecule has 0 aliphatic carbocycles. The van der Waals surface area contributed by atoms with E-state index < -0.39 is 0 Å². The number of anilines is 8. The molecule has 4 fully saturated rings. The van der Waals surface area contributed by atoms with E-state index in [0.717, 1.165) is 127 Å². The molecule has 24 nitrogen and oxygen atoms in total. The van der Waals surface area contributed by atoms with Crippen molar-refractivity contribution in [2.45, 2.75) is 77.0 Å². The molecule has 400 valence electrons. The maximum atomic E-state index is 9.64. The summed E-state index contributed by atoms with van der Waals surface area (Å²) in [6.45, 7) is 8.76. The Morgan fingerprint density at radius 2 is 0.417 bits per heavy atom. The molecule has 4 saturated heterocycles. The van der Waals surface area contributed by atoms with Crippen molar-refractivity contribution in [1.82, 2.24) is 39.9 Å². The molecule has 24 heteroatoms. The largest absolute Gasteiger partial charge is 0.395 e. The van der Waals surface area contributed by atoms with Crippen LogP contribution >= 0.6 is 0 Å². The highest BCUT2D eigenvalue weighted by Gasteiger charge is 2.29. The second kappa shape index (κ2) is 28.4. The van der Waals surface area contributed by atoms with Crippen LogP contribution in [0.15, 0.2) is 0 Å². The first-order valence-corrected chi connectivity index (χ1v) is 26.5. The third-order valence-electron chi connectivity index (χ3n) is 13.7. The van der Waals surface area contributed by atoms with Crippen molar-refractivity contribution >= 4 is 69.1 Å². The standard InChI is InChI=1S/2C24H40N8O4/c2*33-15-11-31(12-16-34)23-26-20-19(21(27-23)29-7-3-1-4-8-29)25-24(32(13-17-35)14-18-36)28-22(20)30-9-5-2-6-10-30/h2*33-36H,1-18H2. The number of hydrogen-bond acceptors (Lipinski definition) is 24. The van der Waals surface area contributed by atoms with Crippen molar-refractivity contribution in [3.05, 3.63) is 0 Å². The fraction of sp³-hybridized carbons (Fsp3) is 0.750. The maximum Gasteiger partial charge on any atom is 0.228 e. The number of aliphatic hydroxyl groups excluding tert-OH is 8. The van der Waals surface area contributed by atoms with Crippen molar-refractivity contribution in [2.24, 2.45) is 0 Å². The van der Waals surface area contributed by atoms with Gasteiger partial charge in [0.1, 0.15) is 22.1 Å². The van der Waals surface area contributed by atoms with Crippen molar-refractivity contribution in [3.63, 3.8) is 0 Å². The zero-order valence-corrected chi connectivity index (χ0v) is 42.2. The summed E-state index contributed by atoms with van der Waals surface area (Å²) in [4.78, 5) is 55.6. The van der Waals surface area contributed by atoms with Crippen molar-refractivity contribution in [3.8, 4) is 0 Å². The predicted molar refractivity (Wildman–Crippen MR) is 280 cm³/mol. The van der Waals surface area contributed by atoms with E-state index in [0.29, 0.717) is 98.2 Å². The third-order valence-corrected chi connectivity index (χ3v) is 13.7. The lowest BCUT2D eigenvalue weighted by Gasteiger charge is -2.33. The van der Waals surface area contributed by atoms with Gasteiger partial charge in [-0.1, -0.05) is 0 Å². The molecule has 8 rings (SSSR count). The number of fused-ring (bicyclic) bond motifs is 2. The number of aromatic nitrogens is 8. The van der Waals surface area contributed by atoms with Crippen molar-refractivity contribution < 1.29 is 40.9 Å². The van der Waals surface area contributed by atoms with Crippen molar-refractivity contribution in [1.29, 1.82) is 0 Å². The Morgan fingerprint density at radius 1 is 0.250 bits per heavy atom. The zero-order valence-electron chi connectivity index (χ0n) is 42.2. The molecule has 8 heterocycles. The van der Waals surface area contributed by atoms with Gasteiger partial charge in [0.25, 0.3) is 0 Å². The van der Waals surface area contributed by atoms with Crippen molar-refractivity contribution in [2.75, 3.05) is 197 Å².